The lowest BCUT2D eigenvalue weighted by Gasteiger charge is -2.34. The monoisotopic (exact) mass is 337 g/mol. The highest BCUT2D eigenvalue weighted by Crippen LogP contribution is 2.24. The van der Waals surface area contributed by atoms with Gasteiger partial charge in [-0.1, -0.05) is 15.9 Å². The van der Waals surface area contributed by atoms with E-state index in [9.17, 15) is 0 Å². The van der Waals surface area contributed by atoms with Gasteiger partial charge in [-0.15, -0.1) is 0 Å². The summed E-state index contributed by atoms with van der Waals surface area (Å²) in [5.74, 6) is 0.945. The van der Waals surface area contributed by atoms with Crippen molar-refractivity contribution < 1.29 is 4.74 Å². The van der Waals surface area contributed by atoms with Crippen LogP contribution in [-0.2, 0) is 6.54 Å². The molecule has 0 atom stereocenters. The first kappa shape index (κ1) is 15.3. The smallest absolute Gasteiger partial charge is 0.123 e. The zero-order valence-electron chi connectivity index (χ0n) is 11.8. The highest BCUT2D eigenvalue weighted by Gasteiger charge is 2.17. The van der Waals surface area contributed by atoms with E-state index < -0.39 is 0 Å². The lowest BCUT2D eigenvalue weighted by atomic mass is 10.1. The van der Waals surface area contributed by atoms with Gasteiger partial charge < -0.3 is 4.74 Å². The van der Waals surface area contributed by atoms with Crippen molar-refractivity contribution in [2.24, 2.45) is 0 Å². The van der Waals surface area contributed by atoms with Crippen molar-refractivity contribution in [3.63, 3.8) is 0 Å². The van der Waals surface area contributed by atoms with Gasteiger partial charge in [-0.3, -0.25) is 9.80 Å². The summed E-state index contributed by atoms with van der Waals surface area (Å²) in [4.78, 5) is 4.80. The number of methoxy groups -OCH3 is 1. The molecule has 2 rings (SSSR count). The van der Waals surface area contributed by atoms with Crippen LogP contribution >= 0.6 is 15.9 Å². The van der Waals surface area contributed by atoms with E-state index in [4.69, 9.17) is 10.00 Å². The van der Waals surface area contributed by atoms with Crippen molar-refractivity contribution >= 4 is 15.9 Å². The Morgan fingerprint density at radius 2 is 1.95 bits per heavy atom. The third kappa shape index (κ3) is 4.20. The molecule has 0 saturated carbocycles. The molecule has 0 bridgehead atoms. The van der Waals surface area contributed by atoms with Gasteiger partial charge in [-0.25, -0.2) is 0 Å². The summed E-state index contributed by atoms with van der Waals surface area (Å²) in [7, 11) is 1.71. The molecule has 1 aliphatic rings. The predicted octanol–water partition coefficient (Wildman–Crippen LogP) is 2.49. The SMILES string of the molecule is COc1ccc(Br)cc1CN1CCN(CCC#N)CC1. The largest absolute Gasteiger partial charge is 0.496 e. The van der Waals surface area contributed by atoms with Crippen LogP contribution in [0.4, 0.5) is 0 Å². The maximum Gasteiger partial charge on any atom is 0.123 e. The Labute approximate surface area is 129 Å². The molecule has 0 aromatic heterocycles. The summed E-state index contributed by atoms with van der Waals surface area (Å²) >= 11 is 3.52. The van der Waals surface area contributed by atoms with Gasteiger partial charge in [0.1, 0.15) is 5.75 Å². The minimum Gasteiger partial charge on any atom is -0.496 e. The Balaban J connectivity index is 1.89. The molecule has 1 aromatic rings. The summed E-state index contributed by atoms with van der Waals surface area (Å²) in [5.41, 5.74) is 1.22. The zero-order valence-corrected chi connectivity index (χ0v) is 13.4. The van der Waals surface area contributed by atoms with Gasteiger partial charge >= 0.3 is 0 Å². The summed E-state index contributed by atoms with van der Waals surface area (Å²) in [5, 5.41) is 8.62. The van der Waals surface area contributed by atoms with Crippen LogP contribution in [0.15, 0.2) is 22.7 Å². The number of piperazine rings is 1. The predicted molar refractivity (Wildman–Crippen MR) is 82.6 cm³/mol. The van der Waals surface area contributed by atoms with Gasteiger partial charge in [0, 0.05) is 55.7 Å². The number of hydrogen-bond donors (Lipinski definition) is 0. The Morgan fingerprint density at radius 1 is 1.25 bits per heavy atom. The normalized spacial score (nSPS) is 16.9. The molecule has 0 spiro atoms. The third-order valence-corrected chi connectivity index (χ3v) is 4.13. The van der Waals surface area contributed by atoms with Crippen LogP contribution in [0, 0.1) is 11.3 Å². The molecule has 20 heavy (non-hydrogen) atoms. The second-order valence-corrected chi connectivity index (χ2v) is 5.90. The average molecular weight is 338 g/mol. The minimum absolute atomic E-state index is 0.624. The number of rotatable bonds is 5. The highest BCUT2D eigenvalue weighted by molar-refractivity contribution is 9.10. The number of ether oxygens (including phenoxy) is 1. The van der Waals surface area contributed by atoms with E-state index in [1.165, 1.54) is 5.56 Å². The fraction of sp³-hybridized carbons (Fsp3) is 0.533. The number of halogens is 1. The molecule has 1 aromatic carbocycles. The van der Waals surface area contributed by atoms with Gasteiger partial charge in [-0.05, 0) is 18.2 Å². The second-order valence-electron chi connectivity index (χ2n) is 4.98. The van der Waals surface area contributed by atoms with E-state index >= 15 is 0 Å². The molecular formula is C15H20BrN3O. The Bertz CT molecular complexity index is 478. The maximum absolute atomic E-state index is 8.62. The maximum atomic E-state index is 8.62. The van der Waals surface area contributed by atoms with Crippen molar-refractivity contribution in [2.75, 3.05) is 39.8 Å². The topological polar surface area (TPSA) is 39.5 Å². The molecule has 1 fully saturated rings. The van der Waals surface area contributed by atoms with E-state index in [0.717, 1.165) is 49.5 Å². The lowest BCUT2D eigenvalue weighted by Crippen LogP contribution is -2.46. The van der Waals surface area contributed by atoms with Gasteiger partial charge in [0.15, 0.2) is 0 Å². The van der Waals surface area contributed by atoms with Crippen molar-refractivity contribution in [2.45, 2.75) is 13.0 Å². The third-order valence-electron chi connectivity index (χ3n) is 3.64. The van der Waals surface area contributed by atoms with E-state index in [1.54, 1.807) is 7.11 Å². The van der Waals surface area contributed by atoms with Crippen molar-refractivity contribution in [1.29, 1.82) is 5.26 Å². The van der Waals surface area contributed by atoms with Gasteiger partial charge in [0.25, 0.3) is 0 Å². The molecule has 1 aliphatic heterocycles. The Hall–Kier alpha value is -1.09. The zero-order chi connectivity index (χ0) is 14.4. The molecule has 5 heteroatoms. The van der Waals surface area contributed by atoms with Crippen LogP contribution in [0.25, 0.3) is 0 Å². The standard InChI is InChI=1S/C15H20BrN3O/c1-20-15-4-3-14(16)11-13(15)12-19-9-7-18(8-10-19)6-2-5-17/h3-4,11H,2,6-10,12H2,1H3. The number of nitriles is 1. The van der Waals surface area contributed by atoms with Gasteiger partial charge in [-0.2, -0.15) is 5.26 Å². The summed E-state index contributed by atoms with van der Waals surface area (Å²) in [6.45, 7) is 5.97. The molecule has 108 valence electrons. The first-order chi connectivity index (χ1) is 9.72. The summed E-state index contributed by atoms with van der Waals surface area (Å²) < 4.78 is 6.51. The van der Waals surface area contributed by atoms with E-state index in [0.29, 0.717) is 6.42 Å². The van der Waals surface area contributed by atoms with E-state index in [1.807, 2.05) is 12.1 Å². The van der Waals surface area contributed by atoms with Crippen LogP contribution < -0.4 is 4.74 Å². The quantitative estimate of drug-likeness (QED) is 0.827. The Kier molecular flexibility index (Phi) is 5.84. The average Bonchev–Trinajstić information content (AvgIpc) is 2.47. The highest BCUT2D eigenvalue weighted by atomic mass is 79.9. The fourth-order valence-corrected chi connectivity index (χ4v) is 2.90. The van der Waals surface area contributed by atoms with Crippen molar-refractivity contribution in [3.8, 4) is 11.8 Å². The molecule has 0 N–H and O–H groups in total. The lowest BCUT2D eigenvalue weighted by molar-refractivity contribution is 0.128. The molecule has 1 saturated heterocycles. The Morgan fingerprint density at radius 3 is 2.60 bits per heavy atom. The van der Waals surface area contributed by atoms with Crippen LogP contribution in [0.2, 0.25) is 0 Å². The van der Waals surface area contributed by atoms with Crippen LogP contribution in [-0.4, -0.2) is 49.6 Å². The van der Waals surface area contributed by atoms with E-state index in [-0.39, 0.29) is 0 Å². The van der Waals surface area contributed by atoms with Crippen LogP contribution in [0.1, 0.15) is 12.0 Å². The molecule has 1 heterocycles. The summed E-state index contributed by atoms with van der Waals surface area (Å²) in [6.07, 6.45) is 0.624. The first-order valence-electron chi connectivity index (χ1n) is 6.87. The molecular weight excluding hydrogens is 318 g/mol. The second kappa shape index (κ2) is 7.63. The number of nitrogens with zero attached hydrogens (tertiary/aromatic N) is 3. The first-order valence-corrected chi connectivity index (χ1v) is 7.66. The number of benzene rings is 1. The molecule has 0 radical (unpaired) electrons. The van der Waals surface area contributed by atoms with Gasteiger partial charge in [0.2, 0.25) is 0 Å². The van der Waals surface area contributed by atoms with Crippen LogP contribution in [0.5, 0.6) is 5.75 Å². The summed E-state index contributed by atoms with van der Waals surface area (Å²) in [6, 6.07) is 8.34. The minimum atomic E-state index is 0.624. The van der Waals surface area contributed by atoms with E-state index in [2.05, 4.69) is 37.9 Å². The number of hydrogen-bond acceptors (Lipinski definition) is 4. The van der Waals surface area contributed by atoms with Crippen molar-refractivity contribution in [3.05, 3.63) is 28.2 Å². The fourth-order valence-electron chi connectivity index (χ4n) is 2.49. The molecule has 4 nitrogen and oxygen atoms in total. The van der Waals surface area contributed by atoms with Gasteiger partial charge in [0.05, 0.1) is 13.2 Å². The van der Waals surface area contributed by atoms with Crippen LogP contribution in [0.3, 0.4) is 0 Å². The molecule has 0 amide bonds. The molecule has 0 unspecified atom stereocenters. The van der Waals surface area contributed by atoms with Crippen molar-refractivity contribution in [1.82, 2.24) is 9.80 Å². The molecule has 0 aliphatic carbocycles.